The average molecular weight is 234 g/mol. The standard InChI is InChI=1S/C13H18N2O2/c1-8-3-4-11(9(8)2)15-12-7-10(13(16)17)5-6-14-12/h5-9,11H,3-4H2,1-2H3,(H,14,15)(H,16,17). The van der Waals surface area contributed by atoms with Crippen LogP contribution in [0.25, 0.3) is 0 Å². The number of carboxylic acids is 1. The third-order valence-electron chi connectivity index (χ3n) is 3.81. The molecule has 0 saturated heterocycles. The van der Waals surface area contributed by atoms with Gasteiger partial charge in [-0.1, -0.05) is 13.8 Å². The minimum absolute atomic E-state index is 0.279. The van der Waals surface area contributed by atoms with E-state index in [4.69, 9.17) is 5.11 Å². The molecule has 0 aliphatic heterocycles. The summed E-state index contributed by atoms with van der Waals surface area (Å²) < 4.78 is 0. The van der Waals surface area contributed by atoms with E-state index in [0.717, 1.165) is 12.3 Å². The molecule has 0 aromatic carbocycles. The molecule has 1 saturated carbocycles. The second kappa shape index (κ2) is 4.73. The smallest absolute Gasteiger partial charge is 0.335 e. The highest BCUT2D eigenvalue weighted by molar-refractivity contribution is 5.88. The summed E-state index contributed by atoms with van der Waals surface area (Å²) in [6, 6.07) is 3.51. The Morgan fingerprint density at radius 3 is 2.82 bits per heavy atom. The van der Waals surface area contributed by atoms with Gasteiger partial charge in [-0.05, 0) is 36.8 Å². The van der Waals surface area contributed by atoms with E-state index in [0.29, 0.717) is 17.8 Å². The highest BCUT2D eigenvalue weighted by Crippen LogP contribution is 2.32. The quantitative estimate of drug-likeness (QED) is 0.844. The average Bonchev–Trinajstić information content (AvgIpc) is 2.61. The number of aromatic carboxylic acids is 1. The van der Waals surface area contributed by atoms with Crippen LogP contribution in [0.2, 0.25) is 0 Å². The zero-order chi connectivity index (χ0) is 12.4. The van der Waals surface area contributed by atoms with Crippen molar-refractivity contribution in [2.75, 3.05) is 5.32 Å². The fourth-order valence-corrected chi connectivity index (χ4v) is 2.40. The number of pyridine rings is 1. The van der Waals surface area contributed by atoms with E-state index in [9.17, 15) is 4.79 Å². The van der Waals surface area contributed by atoms with E-state index in [-0.39, 0.29) is 5.56 Å². The SMILES string of the molecule is CC1CCC(Nc2cc(C(=O)O)ccn2)C1C. The van der Waals surface area contributed by atoms with Crippen LogP contribution in [0.3, 0.4) is 0 Å². The Balaban J connectivity index is 2.08. The molecule has 4 heteroatoms. The predicted molar refractivity (Wildman–Crippen MR) is 66.2 cm³/mol. The number of hydrogen-bond donors (Lipinski definition) is 2. The molecule has 2 rings (SSSR count). The first kappa shape index (κ1) is 11.9. The van der Waals surface area contributed by atoms with Crippen LogP contribution in [0.1, 0.15) is 37.0 Å². The monoisotopic (exact) mass is 234 g/mol. The molecule has 1 fully saturated rings. The van der Waals surface area contributed by atoms with E-state index in [1.807, 2.05) is 0 Å². The highest BCUT2D eigenvalue weighted by atomic mass is 16.4. The largest absolute Gasteiger partial charge is 0.478 e. The fraction of sp³-hybridized carbons (Fsp3) is 0.538. The normalized spacial score (nSPS) is 28.0. The van der Waals surface area contributed by atoms with E-state index < -0.39 is 5.97 Å². The van der Waals surface area contributed by atoms with Gasteiger partial charge < -0.3 is 10.4 Å². The number of anilines is 1. The van der Waals surface area contributed by atoms with Crippen molar-refractivity contribution >= 4 is 11.8 Å². The van der Waals surface area contributed by atoms with Crippen molar-refractivity contribution in [2.24, 2.45) is 11.8 Å². The van der Waals surface area contributed by atoms with Crippen molar-refractivity contribution in [3.63, 3.8) is 0 Å². The second-order valence-electron chi connectivity index (χ2n) is 4.90. The molecule has 2 N–H and O–H groups in total. The summed E-state index contributed by atoms with van der Waals surface area (Å²) in [6.07, 6.45) is 3.88. The van der Waals surface area contributed by atoms with Gasteiger partial charge in [0, 0.05) is 12.2 Å². The lowest BCUT2D eigenvalue weighted by molar-refractivity contribution is 0.0697. The molecule has 1 aromatic heterocycles. The summed E-state index contributed by atoms with van der Waals surface area (Å²) in [5.74, 6) is 1.07. The van der Waals surface area contributed by atoms with Crippen LogP contribution in [-0.2, 0) is 0 Å². The van der Waals surface area contributed by atoms with Crippen LogP contribution in [-0.4, -0.2) is 22.1 Å². The maximum Gasteiger partial charge on any atom is 0.335 e. The van der Waals surface area contributed by atoms with Gasteiger partial charge in [0.15, 0.2) is 0 Å². The molecule has 17 heavy (non-hydrogen) atoms. The van der Waals surface area contributed by atoms with Crippen LogP contribution in [0.5, 0.6) is 0 Å². The first-order valence-corrected chi connectivity index (χ1v) is 6.04. The summed E-state index contributed by atoms with van der Waals surface area (Å²) in [7, 11) is 0. The van der Waals surface area contributed by atoms with E-state index in [1.54, 1.807) is 6.07 Å². The van der Waals surface area contributed by atoms with Crippen molar-refractivity contribution < 1.29 is 9.90 Å². The number of aromatic nitrogens is 1. The first-order valence-electron chi connectivity index (χ1n) is 6.04. The van der Waals surface area contributed by atoms with Gasteiger partial charge >= 0.3 is 5.97 Å². The molecular weight excluding hydrogens is 216 g/mol. The summed E-state index contributed by atoms with van der Waals surface area (Å²) in [4.78, 5) is 15.0. The molecule has 0 bridgehead atoms. The van der Waals surface area contributed by atoms with E-state index >= 15 is 0 Å². The van der Waals surface area contributed by atoms with Crippen molar-refractivity contribution in [2.45, 2.75) is 32.7 Å². The lowest BCUT2D eigenvalue weighted by Gasteiger charge is -2.20. The van der Waals surface area contributed by atoms with Gasteiger partial charge in [-0.3, -0.25) is 0 Å². The van der Waals surface area contributed by atoms with Crippen molar-refractivity contribution in [3.05, 3.63) is 23.9 Å². The van der Waals surface area contributed by atoms with Crippen LogP contribution in [0, 0.1) is 11.8 Å². The topological polar surface area (TPSA) is 62.2 Å². The summed E-state index contributed by atoms with van der Waals surface area (Å²) in [5, 5.41) is 12.3. The van der Waals surface area contributed by atoms with Crippen LogP contribution in [0.15, 0.2) is 18.3 Å². The zero-order valence-electron chi connectivity index (χ0n) is 10.2. The lowest BCUT2D eigenvalue weighted by Crippen LogP contribution is -2.24. The number of rotatable bonds is 3. The van der Waals surface area contributed by atoms with E-state index in [2.05, 4.69) is 24.1 Å². The van der Waals surface area contributed by atoms with Gasteiger partial charge in [-0.2, -0.15) is 0 Å². The highest BCUT2D eigenvalue weighted by Gasteiger charge is 2.29. The van der Waals surface area contributed by atoms with Gasteiger partial charge in [0.1, 0.15) is 5.82 Å². The van der Waals surface area contributed by atoms with Gasteiger partial charge in [-0.25, -0.2) is 9.78 Å². The zero-order valence-corrected chi connectivity index (χ0v) is 10.2. The summed E-state index contributed by atoms with van der Waals surface area (Å²) >= 11 is 0. The molecule has 1 aliphatic rings. The Kier molecular flexibility index (Phi) is 3.31. The molecule has 3 atom stereocenters. The molecule has 0 spiro atoms. The molecule has 0 amide bonds. The number of hydrogen-bond acceptors (Lipinski definition) is 3. The number of carbonyl (C=O) groups is 1. The van der Waals surface area contributed by atoms with Crippen molar-refractivity contribution in [3.8, 4) is 0 Å². The molecule has 1 aromatic rings. The maximum atomic E-state index is 10.9. The molecule has 1 heterocycles. The molecule has 1 aliphatic carbocycles. The van der Waals surface area contributed by atoms with Gasteiger partial charge in [0.25, 0.3) is 0 Å². The Bertz CT molecular complexity index is 420. The minimum atomic E-state index is -0.914. The van der Waals surface area contributed by atoms with Gasteiger partial charge in [-0.15, -0.1) is 0 Å². The molecule has 4 nitrogen and oxygen atoms in total. The molecular formula is C13H18N2O2. The maximum absolute atomic E-state index is 10.9. The fourth-order valence-electron chi connectivity index (χ4n) is 2.40. The Labute approximate surface area is 101 Å². The Morgan fingerprint density at radius 2 is 2.24 bits per heavy atom. The van der Waals surface area contributed by atoms with Gasteiger partial charge in [0.05, 0.1) is 5.56 Å². The third kappa shape index (κ3) is 2.57. The van der Waals surface area contributed by atoms with Crippen molar-refractivity contribution in [1.29, 1.82) is 0 Å². The molecule has 92 valence electrons. The number of carboxylic acid groups (broad SMARTS) is 1. The third-order valence-corrected chi connectivity index (χ3v) is 3.81. The summed E-state index contributed by atoms with van der Waals surface area (Å²) in [5.41, 5.74) is 0.279. The van der Waals surface area contributed by atoms with Gasteiger partial charge in [0.2, 0.25) is 0 Å². The molecule has 3 unspecified atom stereocenters. The van der Waals surface area contributed by atoms with Crippen LogP contribution in [0.4, 0.5) is 5.82 Å². The minimum Gasteiger partial charge on any atom is -0.478 e. The number of nitrogens with one attached hydrogen (secondary N) is 1. The Morgan fingerprint density at radius 1 is 1.47 bits per heavy atom. The number of nitrogens with zero attached hydrogens (tertiary/aromatic N) is 1. The first-order chi connectivity index (χ1) is 8.08. The van der Waals surface area contributed by atoms with Crippen LogP contribution >= 0.6 is 0 Å². The molecule has 0 radical (unpaired) electrons. The predicted octanol–water partition coefficient (Wildman–Crippen LogP) is 2.63. The van der Waals surface area contributed by atoms with Crippen molar-refractivity contribution in [1.82, 2.24) is 4.98 Å². The Hall–Kier alpha value is -1.58. The van der Waals surface area contributed by atoms with E-state index in [1.165, 1.54) is 18.7 Å². The van der Waals surface area contributed by atoms with Crippen LogP contribution < -0.4 is 5.32 Å². The lowest BCUT2D eigenvalue weighted by atomic mass is 9.98. The second-order valence-corrected chi connectivity index (χ2v) is 4.90. The summed E-state index contributed by atoms with van der Waals surface area (Å²) in [6.45, 7) is 4.49.